The quantitative estimate of drug-likeness (QED) is 0.653. The van der Waals surface area contributed by atoms with E-state index >= 15 is 0 Å². The van der Waals surface area contributed by atoms with E-state index in [9.17, 15) is 0 Å². The molecule has 0 saturated heterocycles. The van der Waals surface area contributed by atoms with Gasteiger partial charge in [-0.25, -0.2) is 0 Å². The summed E-state index contributed by atoms with van der Waals surface area (Å²) in [7, 11) is 4.28. The Labute approximate surface area is 94.6 Å². The summed E-state index contributed by atoms with van der Waals surface area (Å²) in [5.74, 6) is 0. The highest BCUT2D eigenvalue weighted by molar-refractivity contribution is 4.96. The highest BCUT2D eigenvalue weighted by Crippen LogP contribution is 2.45. The number of likely N-dealkylation sites (N-methyl/N-ethyl adjacent to an activating group) is 1. The van der Waals surface area contributed by atoms with Crippen molar-refractivity contribution >= 4 is 0 Å². The van der Waals surface area contributed by atoms with E-state index in [1.54, 1.807) is 0 Å². The Morgan fingerprint density at radius 2 is 1.80 bits per heavy atom. The zero-order valence-corrected chi connectivity index (χ0v) is 10.6. The van der Waals surface area contributed by atoms with E-state index in [4.69, 9.17) is 5.73 Å². The summed E-state index contributed by atoms with van der Waals surface area (Å²) in [6.45, 7) is 7.89. The van der Waals surface area contributed by atoms with Crippen molar-refractivity contribution in [3.63, 3.8) is 0 Å². The predicted octanol–water partition coefficient (Wildman–Crippen LogP) is 0.999. The van der Waals surface area contributed by atoms with Crippen molar-refractivity contribution in [2.75, 3.05) is 46.8 Å². The number of nitrogens with two attached hydrogens (primary N) is 1. The molecule has 1 aliphatic rings. The molecule has 15 heavy (non-hydrogen) atoms. The first kappa shape index (κ1) is 12.9. The second-order valence-electron chi connectivity index (χ2n) is 5.28. The second kappa shape index (κ2) is 5.83. The fourth-order valence-electron chi connectivity index (χ4n) is 2.01. The van der Waals surface area contributed by atoms with Crippen molar-refractivity contribution in [3.8, 4) is 0 Å². The first-order chi connectivity index (χ1) is 7.12. The molecule has 0 aromatic rings. The van der Waals surface area contributed by atoms with Crippen LogP contribution in [0.1, 0.15) is 26.2 Å². The van der Waals surface area contributed by atoms with Crippen LogP contribution in [0.3, 0.4) is 0 Å². The molecule has 1 saturated carbocycles. The maximum atomic E-state index is 5.83. The molecular formula is C12H27N3. The van der Waals surface area contributed by atoms with Crippen LogP contribution in [0, 0.1) is 5.41 Å². The molecule has 1 aliphatic carbocycles. The van der Waals surface area contributed by atoms with Crippen molar-refractivity contribution in [2.24, 2.45) is 11.1 Å². The molecule has 90 valence electrons. The van der Waals surface area contributed by atoms with E-state index in [0.29, 0.717) is 5.41 Å². The normalized spacial score (nSPS) is 18.8. The number of hydrogen-bond donors (Lipinski definition) is 1. The molecule has 0 bridgehead atoms. The molecule has 0 heterocycles. The van der Waals surface area contributed by atoms with E-state index in [1.165, 1.54) is 38.9 Å². The average molecular weight is 213 g/mol. The lowest BCUT2D eigenvalue weighted by Crippen LogP contribution is -2.38. The van der Waals surface area contributed by atoms with Crippen LogP contribution in [0.5, 0.6) is 0 Å². The summed E-state index contributed by atoms with van der Waals surface area (Å²) in [4.78, 5) is 4.84. The van der Waals surface area contributed by atoms with Crippen LogP contribution in [0.4, 0.5) is 0 Å². The van der Waals surface area contributed by atoms with Crippen LogP contribution in [0.15, 0.2) is 0 Å². The molecule has 1 rings (SSSR count). The van der Waals surface area contributed by atoms with Gasteiger partial charge in [-0.15, -0.1) is 0 Å². The summed E-state index contributed by atoms with van der Waals surface area (Å²) in [6, 6.07) is 0. The minimum absolute atomic E-state index is 0.488. The summed E-state index contributed by atoms with van der Waals surface area (Å²) >= 11 is 0. The van der Waals surface area contributed by atoms with E-state index in [0.717, 1.165) is 13.1 Å². The van der Waals surface area contributed by atoms with Gasteiger partial charge in [0.2, 0.25) is 0 Å². The van der Waals surface area contributed by atoms with Gasteiger partial charge >= 0.3 is 0 Å². The number of nitrogens with zero attached hydrogens (tertiary/aromatic N) is 2. The SMILES string of the molecule is CCCN(CCN(C)C)CC1(CN)CC1. The Hall–Kier alpha value is -0.120. The summed E-state index contributed by atoms with van der Waals surface area (Å²) in [5.41, 5.74) is 6.32. The highest BCUT2D eigenvalue weighted by atomic mass is 15.2. The maximum absolute atomic E-state index is 5.83. The van der Waals surface area contributed by atoms with Crippen molar-refractivity contribution < 1.29 is 0 Å². The molecule has 2 N–H and O–H groups in total. The lowest BCUT2D eigenvalue weighted by molar-refractivity contribution is 0.202. The zero-order valence-electron chi connectivity index (χ0n) is 10.6. The van der Waals surface area contributed by atoms with Crippen LogP contribution < -0.4 is 5.73 Å². The minimum atomic E-state index is 0.488. The van der Waals surface area contributed by atoms with Crippen molar-refractivity contribution in [1.82, 2.24) is 9.80 Å². The van der Waals surface area contributed by atoms with Gasteiger partial charge in [0.1, 0.15) is 0 Å². The molecule has 0 spiro atoms. The van der Waals surface area contributed by atoms with Crippen LogP contribution >= 0.6 is 0 Å². The average Bonchev–Trinajstić information content (AvgIpc) is 2.95. The third kappa shape index (κ3) is 4.49. The topological polar surface area (TPSA) is 32.5 Å². The van der Waals surface area contributed by atoms with Crippen molar-refractivity contribution in [2.45, 2.75) is 26.2 Å². The molecule has 3 heteroatoms. The van der Waals surface area contributed by atoms with Crippen LogP contribution in [0.2, 0.25) is 0 Å². The van der Waals surface area contributed by atoms with Gasteiger partial charge in [-0.05, 0) is 51.9 Å². The van der Waals surface area contributed by atoms with E-state index in [-0.39, 0.29) is 0 Å². The smallest absolute Gasteiger partial charge is 0.0109 e. The third-order valence-corrected chi connectivity index (χ3v) is 3.35. The van der Waals surface area contributed by atoms with E-state index < -0.39 is 0 Å². The molecule has 0 aliphatic heterocycles. The molecule has 0 aromatic heterocycles. The van der Waals surface area contributed by atoms with Crippen LogP contribution in [-0.4, -0.2) is 56.6 Å². The van der Waals surface area contributed by atoms with Gasteiger partial charge in [0, 0.05) is 19.6 Å². The maximum Gasteiger partial charge on any atom is 0.0109 e. The Bertz CT molecular complexity index is 176. The molecule has 0 atom stereocenters. The standard InChI is InChI=1S/C12H27N3/c1-4-7-15(9-8-14(2)3)11-12(10-13)5-6-12/h4-11,13H2,1-3H3. The summed E-state index contributed by atoms with van der Waals surface area (Å²) in [5, 5.41) is 0. The Morgan fingerprint density at radius 3 is 2.20 bits per heavy atom. The first-order valence-electron chi connectivity index (χ1n) is 6.19. The predicted molar refractivity (Wildman–Crippen MR) is 66.0 cm³/mol. The zero-order chi connectivity index (χ0) is 11.3. The molecular weight excluding hydrogens is 186 g/mol. The fraction of sp³-hybridized carbons (Fsp3) is 1.00. The van der Waals surface area contributed by atoms with Gasteiger partial charge in [-0.2, -0.15) is 0 Å². The molecule has 3 nitrogen and oxygen atoms in total. The first-order valence-corrected chi connectivity index (χ1v) is 6.19. The van der Waals surface area contributed by atoms with Crippen molar-refractivity contribution in [3.05, 3.63) is 0 Å². The lowest BCUT2D eigenvalue weighted by atomic mass is 10.1. The Morgan fingerprint density at radius 1 is 1.13 bits per heavy atom. The molecule has 0 radical (unpaired) electrons. The number of hydrogen-bond acceptors (Lipinski definition) is 3. The highest BCUT2D eigenvalue weighted by Gasteiger charge is 2.42. The Balaban J connectivity index is 2.29. The molecule has 0 unspecified atom stereocenters. The fourth-order valence-corrected chi connectivity index (χ4v) is 2.01. The van der Waals surface area contributed by atoms with Gasteiger partial charge in [0.25, 0.3) is 0 Å². The van der Waals surface area contributed by atoms with Crippen LogP contribution in [0.25, 0.3) is 0 Å². The van der Waals surface area contributed by atoms with E-state index in [1.807, 2.05) is 0 Å². The van der Waals surface area contributed by atoms with E-state index in [2.05, 4.69) is 30.8 Å². The summed E-state index contributed by atoms with van der Waals surface area (Å²) < 4.78 is 0. The van der Waals surface area contributed by atoms with Gasteiger partial charge in [-0.1, -0.05) is 6.92 Å². The Kier molecular flexibility index (Phi) is 5.03. The monoisotopic (exact) mass is 213 g/mol. The molecule has 0 aromatic carbocycles. The van der Waals surface area contributed by atoms with Crippen LogP contribution in [-0.2, 0) is 0 Å². The summed E-state index contributed by atoms with van der Waals surface area (Å²) in [6.07, 6.45) is 3.92. The number of rotatable bonds is 8. The van der Waals surface area contributed by atoms with Gasteiger partial charge in [-0.3, -0.25) is 0 Å². The lowest BCUT2D eigenvalue weighted by Gasteiger charge is -2.27. The minimum Gasteiger partial charge on any atom is -0.330 e. The molecule has 0 amide bonds. The molecule has 1 fully saturated rings. The second-order valence-corrected chi connectivity index (χ2v) is 5.28. The van der Waals surface area contributed by atoms with Crippen molar-refractivity contribution in [1.29, 1.82) is 0 Å². The van der Waals surface area contributed by atoms with Gasteiger partial charge in [0.15, 0.2) is 0 Å². The van der Waals surface area contributed by atoms with Gasteiger partial charge in [0.05, 0.1) is 0 Å². The third-order valence-electron chi connectivity index (χ3n) is 3.35. The van der Waals surface area contributed by atoms with Gasteiger partial charge < -0.3 is 15.5 Å². The largest absolute Gasteiger partial charge is 0.330 e.